The molecule has 1 heterocycles. The van der Waals surface area contributed by atoms with Crippen LogP contribution in [0.1, 0.15) is 33.3 Å². The van der Waals surface area contributed by atoms with Gasteiger partial charge in [-0.1, -0.05) is 6.07 Å². The summed E-state index contributed by atoms with van der Waals surface area (Å²) in [6, 6.07) is 5.88. The van der Waals surface area contributed by atoms with Crippen molar-refractivity contribution in [2.45, 2.75) is 45.8 Å². The summed E-state index contributed by atoms with van der Waals surface area (Å²) in [7, 11) is 1.76. The summed E-state index contributed by atoms with van der Waals surface area (Å²) in [6.45, 7) is 7.85. The lowest BCUT2D eigenvalue weighted by atomic mass is 10.1. The maximum absolute atomic E-state index is 12.0. The van der Waals surface area contributed by atoms with E-state index in [9.17, 15) is 4.79 Å². The van der Waals surface area contributed by atoms with Gasteiger partial charge in [0.25, 0.3) is 0 Å². The third-order valence-corrected chi connectivity index (χ3v) is 3.31. The topological polar surface area (TPSA) is 48.0 Å². The minimum atomic E-state index is -0.482. The Morgan fingerprint density at radius 2 is 2.00 bits per heavy atom. The predicted octanol–water partition coefficient (Wildman–Crippen LogP) is 3.21. The van der Waals surface area contributed by atoms with Gasteiger partial charge in [0, 0.05) is 13.1 Å². The first-order valence-corrected chi connectivity index (χ1v) is 7.10. The summed E-state index contributed by atoms with van der Waals surface area (Å²) in [5, 5.41) is 0. The number of carbonyl (C=O) groups is 1. The summed E-state index contributed by atoms with van der Waals surface area (Å²) >= 11 is 0. The molecule has 0 saturated carbocycles. The number of carbonyl (C=O) groups excluding carboxylic acids is 1. The molecule has 0 N–H and O–H groups in total. The minimum Gasteiger partial charge on any atom is -0.454 e. The molecule has 21 heavy (non-hydrogen) atoms. The maximum atomic E-state index is 12.0. The molecule has 1 aliphatic rings. The Balaban J connectivity index is 1.97. The standard InChI is InChI=1S/C16H23NO4/c1-11(17(5)15(18)21-16(2,3)4)8-12-6-7-13-14(9-12)20-10-19-13/h6-7,9,11H,8,10H2,1-5H3/t11-/m1/s1. The highest BCUT2D eigenvalue weighted by Gasteiger charge is 2.23. The zero-order chi connectivity index (χ0) is 15.6. The van der Waals surface area contributed by atoms with E-state index < -0.39 is 5.60 Å². The minimum absolute atomic E-state index is 0.0280. The number of hydrogen-bond donors (Lipinski definition) is 0. The molecule has 1 atom stereocenters. The summed E-state index contributed by atoms with van der Waals surface area (Å²) in [5.41, 5.74) is 0.617. The third kappa shape index (κ3) is 4.03. The van der Waals surface area contributed by atoms with Crippen molar-refractivity contribution in [1.29, 1.82) is 0 Å². The number of benzene rings is 1. The van der Waals surface area contributed by atoms with Gasteiger partial charge in [-0.05, 0) is 51.8 Å². The molecule has 2 rings (SSSR count). The van der Waals surface area contributed by atoms with Crippen molar-refractivity contribution < 1.29 is 19.0 Å². The molecule has 1 aromatic carbocycles. The van der Waals surface area contributed by atoms with Crippen LogP contribution >= 0.6 is 0 Å². The lowest BCUT2D eigenvalue weighted by Gasteiger charge is -2.28. The van der Waals surface area contributed by atoms with Crippen molar-refractivity contribution in [2.75, 3.05) is 13.8 Å². The lowest BCUT2D eigenvalue weighted by Crippen LogP contribution is -2.40. The molecule has 116 valence electrons. The average molecular weight is 293 g/mol. The molecule has 0 aromatic heterocycles. The molecule has 0 unspecified atom stereocenters. The zero-order valence-electron chi connectivity index (χ0n) is 13.3. The van der Waals surface area contributed by atoms with Crippen LogP contribution in [0.5, 0.6) is 11.5 Å². The van der Waals surface area contributed by atoms with Crippen LogP contribution in [-0.4, -0.2) is 36.5 Å². The van der Waals surface area contributed by atoms with Crippen molar-refractivity contribution >= 4 is 6.09 Å². The normalized spacial score (nSPS) is 14.7. The smallest absolute Gasteiger partial charge is 0.410 e. The van der Waals surface area contributed by atoms with Crippen LogP contribution in [0.15, 0.2) is 18.2 Å². The van der Waals surface area contributed by atoms with Gasteiger partial charge >= 0.3 is 6.09 Å². The van der Waals surface area contributed by atoms with Gasteiger partial charge in [0.15, 0.2) is 11.5 Å². The van der Waals surface area contributed by atoms with Crippen LogP contribution in [0.4, 0.5) is 4.79 Å². The number of fused-ring (bicyclic) bond motifs is 1. The van der Waals surface area contributed by atoms with Crippen molar-refractivity contribution in [3.63, 3.8) is 0 Å². The molecular weight excluding hydrogens is 270 g/mol. The van der Waals surface area contributed by atoms with Gasteiger partial charge in [-0.15, -0.1) is 0 Å². The van der Waals surface area contributed by atoms with E-state index in [-0.39, 0.29) is 18.9 Å². The average Bonchev–Trinajstić information content (AvgIpc) is 2.83. The molecule has 0 fully saturated rings. The molecule has 0 spiro atoms. The van der Waals surface area contributed by atoms with E-state index in [0.717, 1.165) is 23.5 Å². The summed E-state index contributed by atoms with van der Waals surface area (Å²) in [6.07, 6.45) is 0.419. The summed E-state index contributed by atoms with van der Waals surface area (Å²) in [4.78, 5) is 13.7. The molecular formula is C16H23NO4. The first-order chi connectivity index (χ1) is 9.76. The largest absolute Gasteiger partial charge is 0.454 e. The predicted molar refractivity (Wildman–Crippen MR) is 79.7 cm³/mol. The number of hydrogen-bond acceptors (Lipinski definition) is 4. The molecule has 1 amide bonds. The Kier molecular flexibility index (Phi) is 4.30. The Morgan fingerprint density at radius 3 is 2.67 bits per heavy atom. The maximum Gasteiger partial charge on any atom is 0.410 e. The summed E-state index contributed by atoms with van der Waals surface area (Å²) in [5.74, 6) is 1.53. The van der Waals surface area contributed by atoms with Gasteiger partial charge in [0.2, 0.25) is 6.79 Å². The number of ether oxygens (including phenoxy) is 3. The van der Waals surface area contributed by atoms with Crippen LogP contribution in [0.25, 0.3) is 0 Å². The fourth-order valence-corrected chi connectivity index (χ4v) is 2.06. The van der Waals surface area contributed by atoms with E-state index in [1.54, 1.807) is 11.9 Å². The highest BCUT2D eigenvalue weighted by Crippen LogP contribution is 2.33. The fourth-order valence-electron chi connectivity index (χ4n) is 2.06. The number of likely N-dealkylation sites (N-methyl/N-ethyl adjacent to an activating group) is 1. The SMILES string of the molecule is C[C@H](Cc1ccc2c(c1)OCO2)N(C)C(=O)OC(C)(C)C. The van der Waals surface area contributed by atoms with Gasteiger partial charge in [-0.25, -0.2) is 4.79 Å². The van der Waals surface area contributed by atoms with Gasteiger partial charge < -0.3 is 19.1 Å². The Hall–Kier alpha value is -1.91. The van der Waals surface area contributed by atoms with Gasteiger partial charge in [-0.2, -0.15) is 0 Å². The van der Waals surface area contributed by atoms with Gasteiger partial charge in [-0.3, -0.25) is 0 Å². The molecule has 5 nitrogen and oxygen atoms in total. The molecule has 1 aliphatic heterocycles. The van der Waals surface area contributed by atoms with Crippen molar-refractivity contribution in [3.8, 4) is 11.5 Å². The highest BCUT2D eigenvalue weighted by atomic mass is 16.7. The second kappa shape index (κ2) is 5.84. The molecule has 0 radical (unpaired) electrons. The Bertz CT molecular complexity index is 521. The van der Waals surface area contributed by atoms with Crippen molar-refractivity contribution in [2.24, 2.45) is 0 Å². The van der Waals surface area contributed by atoms with Crippen LogP contribution in [0, 0.1) is 0 Å². The van der Waals surface area contributed by atoms with E-state index in [1.165, 1.54) is 0 Å². The van der Waals surface area contributed by atoms with Crippen LogP contribution in [0.3, 0.4) is 0 Å². The number of rotatable bonds is 3. The zero-order valence-corrected chi connectivity index (χ0v) is 13.3. The van der Waals surface area contributed by atoms with E-state index in [1.807, 2.05) is 45.9 Å². The molecule has 0 aliphatic carbocycles. The lowest BCUT2D eigenvalue weighted by molar-refractivity contribution is 0.0236. The quantitative estimate of drug-likeness (QED) is 0.858. The third-order valence-electron chi connectivity index (χ3n) is 3.31. The molecule has 1 aromatic rings. The Labute approximate surface area is 125 Å². The van der Waals surface area contributed by atoms with Crippen molar-refractivity contribution in [3.05, 3.63) is 23.8 Å². The first kappa shape index (κ1) is 15.5. The van der Waals surface area contributed by atoms with Crippen LogP contribution in [-0.2, 0) is 11.2 Å². The highest BCUT2D eigenvalue weighted by molar-refractivity contribution is 5.68. The molecule has 5 heteroatoms. The van der Waals surface area contributed by atoms with E-state index >= 15 is 0 Å². The summed E-state index contributed by atoms with van der Waals surface area (Å²) < 4.78 is 16.0. The second-order valence-corrected chi connectivity index (χ2v) is 6.33. The van der Waals surface area contributed by atoms with Gasteiger partial charge in [0.05, 0.1) is 0 Å². The fraction of sp³-hybridized carbons (Fsp3) is 0.562. The van der Waals surface area contributed by atoms with E-state index in [2.05, 4.69) is 0 Å². The number of nitrogens with zero attached hydrogens (tertiary/aromatic N) is 1. The van der Waals surface area contributed by atoms with E-state index in [0.29, 0.717) is 0 Å². The molecule has 0 saturated heterocycles. The van der Waals surface area contributed by atoms with Crippen LogP contribution in [0.2, 0.25) is 0 Å². The molecule has 0 bridgehead atoms. The first-order valence-electron chi connectivity index (χ1n) is 7.10. The second-order valence-electron chi connectivity index (χ2n) is 6.33. The Morgan fingerprint density at radius 1 is 1.33 bits per heavy atom. The van der Waals surface area contributed by atoms with E-state index in [4.69, 9.17) is 14.2 Å². The van der Waals surface area contributed by atoms with Crippen molar-refractivity contribution in [1.82, 2.24) is 4.90 Å². The van der Waals surface area contributed by atoms with Crippen LogP contribution < -0.4 is 9.47 Å². The monoisotopic (exact) mass is 293 g/mol. The van der Waals surface area contributed by atoms with Gasteiger partial charge in [0.1, 0.15) is 5.60 Å². The number of amides is 1.